The number of carbonyl (C=O) groups is 2. The first kappa shape index (κ1) is 12.2. The first-order chi connectivity index (χ1) is 9.08. The van der Waals surface area contributed by atoms with Gasteiger partial charge in [-0.05, 0) is 37.0 Å². The number of fused-ring (bicyclic) bond motifs is 1. The molecule has 0 unspecified atom stereocenters. The van der Waals surface area contributed by atoms with Crippen molar-refractivity contribution in [2.45, 2.75) is 19.3 Å². The summed E-state index contributed by atoms with van der Waals surface area (Å²) in [5, 5.41) is 0. The lowest BCUT2D eigenvalue weighted by Gasteiger charge is -2.31. The minimum absolute atomic E-state index is 0.398. The molecule has 0 radical (unpaired) electrons. The smallest absolute Gasteiger partial charge is 0.299 e. The summed E-state index contributed by atoms with van der Waals surface area (Å²) in [6.07, 6.45) is 3.97. The topological polar surface area (TPSA) is 40.6 Å². The van der Waals surface area contributed by atoms with E-state index in [2.05, 4.69) is 11.9 Å². The fourth-order valence-electron chi connectivity index (χ4n) is 2.77. The van der Waals surface area contributed by atoms with Gasteiger partial charge in [0.2, 0.25) is 0 Å². The van der Waals surface area contributed by atoms with Crippen LogP contribution in [0.4, 0.5) is 11.4 Å². The van der Waals surface area contributed by atoms with Gasteiger partial charge in [-0.15, -0.1) is 0 Å². The van der Waals surface area contributed by atoms with Crippen LogP contribution < -0.4 is 9.80 Å². The van der Waals surface area contributed by atoms with Crippen LogP contribution in [0.2, 0.25) is 0 Å². The van der Waals surface area contributed by atoms with Gasteiger partial charge in [0.05, 0.1) is 11.3 Å². The average Bonchev–Trinajstić information content (AvgIpc) is 2.58. The van der Waals surface area contributed by atoms with Crippen LogP contribution in [0.5, 0.6) is 0 Å². The van der Waals surface area contributed by atoms with E-state index in [1.165, 1.54) is 24.2 Å². The van der Waals surface area contributed by atoms with E-state index in [0.29, 0.717) is 5.56 Å². The van der Waals surface area contributed by atoms with Crippen molar-refractivity contribution in [3.63, 3.8) is 0 Å². The molecule has 19 heavy (non-hydrogen) atoms. The zero-order valence-electron chi connectivity index (χ0n) is 11.3. The van der Waals surface area contributed by atoms with Gasteiger partial charge in [0, 0.05) is 26.3 Å². The van der Waals surface area contributed by atoms with Crippen LogP contribution in [0.1, 0.15) is 29.6 Å². The second-order valence-corrected chi connectivity index (χ2v) is 5.57. The number of benzene rings is 1. The van der Waals surface area contributed by atoms with Crippen molar-refractivity contribution >= 4 is 23.1 Å². The van der Waals surface area contributed by atoms with Crippen molar-refractivity contribution in [1.29, 1.82) is 0 Å². The molecule has 1 saturated carbocycles. The van der Waals surface area contributed by atoms with Crippen LogP contribution in [0.3, 0.4) is 0 Å². The number of anilines is 2. The molecule has 1 amide bonds. The van der Waals surface area contributed by atoms with Crippen LogP contribution in [-0.2, 0) is 4.79 Å². The highest BCUT2D eigenvalue weighted by atomic mass is 16.2. The molecule has 0 aromatic heterocycles. The van der Waals surface area contributed by atoms with Crippen molar-refractivity contribution < 1.29 is 9.59 Å². The van der Waals surface area contributed by atoms with Gasteiger partial charge in [0.15, 0.2) is 0 Å². The summed E-state index contributed by atoms with van der Waals surface area (Å²) in [5.41, 5.74) is 2.32. The first-order valence-corrected chi connectivity index (χ1v) is 6.75. The molecule has 3 rings (SSSR count). The lowest BCUT2D eigenvalue weighted by Crippen LogP contribution is -2.29. The number of likely N-dealkylation sites (N-methyl/N-ethyl adjacent to an activating group) is 1. The molecule has 1 aliphatic carbocycles. The Morgan fingerprint density at radius 3 is 2.68 bits per heavy atom. The summed E-state index contributed by atoms with van der Waals surface area (Å²) in [7, 11) is 3.72. The first-order valence-electron chi connectivity index (χ1n) is 6.75. The molecule has 1 aromatic carbocycles. The Bertz CT molecular complexity index is 549. The number of carbonyl (C=O) groups excluding carboxylic acids is 2. The van der Waals surface area contributed by atoms with Crippen molar-refractivity contribution in [1.82, 2.24) is 0 Å². The Balaban J connectivity index is 1.85. The van der Waals surface area contributed by atoms with Gasteiger partial charge in [-0.3, -0.25) is 9.59 Å². The third kappa shape index (κ3) is 1.91. The molecule has 1 aliphatic heterocycles. The van der Waals surface area contributed by atoms with Gasteiger partial charge in [-0.25, -0.2) is 0 Å². The van der Waals surface area contributed by atoms with Crippen LogP contribution in [0, 0.1) is 5.92 Å². The Hall–Kier alpha value is -1.84. The molecule has 0 N–H and O–H groups in total. The van der Waals surface area contributed by atoms with Gasteiger partial charge in [0.1, 0.15) is 0 Å². The van der Waals surface area contributed by atoms with E-state index in [4.69, 9.17) is 0 Å². The number of rotatable bonds is 3. The van der Waals surface area contributed by atoms with E-state index in [1.807, 2.05) is 12.1 Å². The molecule has 1 fully saturated rings. The number of nitrogens with zero attached hydrogens (tertiary/aromatic N) is 2. The van der Waals surface area contributed by atoms with Crippen molar-refractivity contribution in [2.24, 2.45) is 5.92 Å². The predicted octanol–water partition coefficient (Wildman–Crippen LogP) is 2.08. The van der Waals surface area contributed by atoms with Crippen molar-refractivity contribution in [3.05, 3.63) is 23.8 Å². The molecule has 4 heteroatoms. The quantitative estimate of drug-likeness (QED) is 0.779. The van der Waals surface area contributed by atoms with Gasteiger partial charge < -0.3 is 9.80 Å². The number of hydrogen-bond donors (Lipinski definition) is 0. The molecule has 2 aliphatic rings. The number of amides is 1. The molecule has 0 spiro atoms. The summed E-state index contributed by atoms with van der Waals surface area (Å²) >= 11 is 0. The predicted molar refractivity (Wildman–Crippen MR) is 74.8 cm³/mol. The monoisotopic (exact) mass is 258 g/mol. The highest BCUT2D eigenvalue weighted by Gasteiger charge is 2.33. The summed E-state index contributed by atoms with van der Waals surface area (Å²) in [6.45, 7) is 1.05. The van der Waals surface area contributed by atoms with Gasteiger partial charge in [-0.2, -0.15) is 0 Å². The fraction of sp³-hybridized carbons (Fsp3) is 0.467. The van der Waals surface area contributed by atoms with Crippen LogP contribution in [0.15, 0.2) is 18.2 Å². The zero-order chi connectivity index (χ0) is 13.6. The van der Waals surface area contributed by atoms with Gasteiger partial charge >= 0.3 is 0 Å². The summed E-state index contributed by atoms with van der Waals surface area (Å²) in [6, 6.07) is 5.64. The van der Waals surface area contributed by atoms with Crippen LogP contribution >= 0.6 is 0 Å². The van der Waals surface area contributed by atoms with Gasteiger partial charge in [-0.1, -0.05) is 6.42 Å². The fourth-order valence-corrected chi connectivity index (χ4v) is 2.77. The SMILES string of the molecule is CN(CC1CCC1)c1ccc2c(c1)N(C)C(=O)C2=O. The minimum atomic E-state index is -0.436. The summed E-state index contributed by atoms with van der Waals surface area (Å²) in [4.78, 5) is 27.0. The van der Waals surface area contributed by atoms with Crippen molar-refractivity contribution in [2.75, 3.05) is 30.4 Å². The zero-order valence-corrected chi connectivity index (χ0v) is 11.3. The van der Waals surface area contributed by atoms with Crippen LogP contribution in [0.25, 0.3) is 0 Å². The Kier molecular flexibility index (Phi) is 2.81. The minimum Gasteiger partial charge on any atom is -0.374 e. The highest BCUT2D eigenvalue weighted by molar-refractivity contribution is 6.52. The second-order valence-electron chi connectivity index (χ2n) is 5.57. The van der Waals surface area contributed by atoms with Crippen molar-refractivity contribution in [3.8, 4) is 0 Å². The van der Waals surface area contributed by atoms with E-state index < -0.39 is 11.7 Å². The molecule has 100 valence electrons. The highest BCUT2D eigenvalue weighted by Crippen LogP contribution is 2.33. The third-order valence-electron chi connectivity index (χ3n) is 4.28. The molecular weight excluding hydrogens is 240 g/mol. The third-order valence-corrected chi connectivity index (χ3v) is 4.28. The lowest BCUT2D eigenvalue weighted by atomic mass is 9.85. The van der Waals surface area contributed by atoms with E-state index in [9.17, 15) is 9.59 Å². The van der Waals surface area contributed by atoms with Crippen LogP contribution in [-0.4, -0.2) is 32.3 Å². The summed E-state index contributed by atoms with van der Waals surface area (Å²) < 4.78 is 0. The van der Waals surface area contributed by atoms with Gasteiger partial charge in [0.25, 0.3) is 11.7 Å². The Morgan fingerprint density at radius 2 is 2.05 bits per heavy atom. The standard InChI is InChI=1S/C15H18N2O2/c1-16(9-10-4-3-5-10)11-6-7-12-13(8-11)17(2)15(19)14(12)18/h6-8,10H,3-5,9H2,1-2H3. The maximum atomic E-state index is 11.7. The number of Topliss-reactive ketones (excluding diaryl/α,β-unsaturated/α-hetero) is 1. The van der Waals surface area contributed by atoms with E-state index >= 15 is 0 Å². The number of hydrogen-bond acceptors (Lipinski definition) is 3. The van der Waals surface area contributed by atoms with E-state index in [0.717, 1.165) is 23.8 Å². The molecule has 0 bridgehead atoms. The maximum Gasteiger partial charge on any atom is 0.299 e. The molecule has 1 aromatic rings. The number of ketones is 1. The largest absolute Gasteiger partial charge is 0.374 e. The lowest BCUT2D eigenvalue weighted by molar-refractivity contribution is -0.114. The Labute approximate surface area is 113 Å². The summed E-state index contributed by atoms with van der Waals surface area (Å²) in [5.74, 6) is -0.0428. The average molecular weight is 258 g/mol. The van der Waals surface area contributed by atoms with E-state index in [-0.39, 0.29) is 0 Å². The molecule has 4 nitrogen and oxygen atoms in total. The molecular formula is C15H18N2O2. The molecule has 0 saturated heterocycles. The molecule has 0 atom stereocenters. The second kappa shape index (κ2) is 4.37. The maximum absolute atomic E-state index is 11.7. The van der Waals surface area contributed by atoms with E-state index in [1.54, 1.807) is 13.1 Å². The normalized spacial score (nSPS) is 18.5. The molecule has 1 heterocycles. The Morgan fingerprint density at radius 1 is 1.32 bits per heavy atom.